The molecule has 0 atom stereocenters. The van der Waals surface area contributed by atoms with Gasteiger partial charge >= 0.3 is 0 Å². The van der Waals surface area contributed by atoms with Crippen LogP contribution in [0.1, 0.15) is 32.0 Å². The second-order valence-electron chi connectivity index (χ2n) is 7.44. The van der Waals surface area contributed by atoms with E-state index in [0.29, 0.717) is 26.5 Å². The van der Waals surface area contributed by atoms with Crippen molar-refractivity contribution in [3.63, 3.8) is 0 Å². The first-order chi connectivity index (χ1) is 13.3. The van der Waals surface area contributed by atoms with Crippen LogP contribution in [0, 0.1) is 5.41 Å². The quantitative estimate of drug-likeness (QED) is 0.661. The molecular weight excluding hydrogens is 392 g/mol. The second kappa shape index (κ2) is 8.25. The highest BCUT2D eigenvalue weighted by Gasteiger charge is 2.19. The number of benzene rings is 1. The van der Waals surface area contributed by atoms with E-state index in [4.69, 9.17) is 11.6 Å². The number of hydrogen-bond acceptors (Lipinski definition) is 4. The number of hydrogen-bond donors (Lipinski definition) is 0. The van der Waals surface area contributed by atoms with Gasteiger partial charge in [-0.25, -0.2) is 0 Å². The van der Waals surface area contributed by atoms with Gasteiger partial charge in [0.1, 0.15) is 4.66 Å². The fourth-order valence-corrected chi connectivity index (χ4v) is 3.74. The smallest absolute Gasteiger partial charge is 0.269 e. The summed E-state index contributed by atoms with van der Waals surface area (Å²) in [6.07, 6.45) is 4.98. The van der Waals surface area contributed by atoms with Gasteiger partial charge in [-0.3, -0.25) is 19.1 Å². The summed E-state index contributed by atoms with van der Waals surface area (Å²) in [4.78, 5) is 29.9. The first-order valence-corrected chi connectivity index (χ1v) is 10.1. The van der Waals surface area contributed by atoms with Gasteiger partial charge in [0.15, 0.2) is 5.78 Å². The molecule has 0 aliphatic rings. The summed E-state index contributed by atoms with van der Waals surface area (Å²) >= 11 is 7.57. The Labute approximate surface area is 172 Å². The summed E-state index contributed by atoms with van der Waals surface area (Å²) in [5.74, 6) is -0.0361. The number of nitrogens with zero attached hydrogens (tertiary/aromatic N) is 2. The van der Waals surface area contributed by atoms with Crippen LogP contribution in [0.5, 0.6) is 0 Å². The van der Waals surface area contributed by atoms with Gasteiger partial charge in [-0.2, -0.15) is 0 Å². The first kappa shape index (κ1) is 20.2. The van der Waals surface area contributed by atoms with Gasteiger partial charge < -0.3 is 0 Å². The van der Waals surface area contributed by atoms with Gasteiger partial charge in [0.05, 0.1) is 16.8 Å². The van der Waals surface area contributed by atoms with Crippen LogP contribution in [0.15, 0.2) is 53.5 Å². The predicted molar refractivity (Wildman–Crippen MR) is 115 cm³/mol. The van der Waals surface area contributed by atoms with Crippen LogP contribution in [0.25, 0.3) is 12.2 Å². The molecule has 0 saturated heterocycles. The zero-order chi connectivity index (χ0) is 20.3. The summed E-state index contributed by atoms with van der Waals surface area (Å²) in [5.41, 5.74) is 0.828. The third-order valence-electron chi connectivity index (χ3n) is 4.18. The predicted octanol–water partition coefficient (Wildman–Crippen LogP) is 3.23. The lowest BCUT2D eigenvalue weighted by Crippen LogP contribution is -2.33. The van der Waals surface area contributed by atoms with E-state index in [9.17, 15) is 9.59 Å². The second-order valence-corrected chi connectivity index (χ2v) is 8.91. The van der Waals surface area contributed by atoms with Crippen molar-refractivity contribution in [1.29, 1.82) is 0 Å². The molecule has 3 rings (SSSR count). The summed E-state index contributed by atoms with van der Waals surface area (Å²) in [5, 5.41) is 0.587. The Balaban J connectivity index is 2.20. The molecule has 144 valence electrons. The zero-order valence-electron chi connectivity index (χ0n) is 16.0. The lowest BCUT2D eigenvalue weighted by atomic mass is 9.91. The summed E-state index contributed by atoms with van der Waals surface area (Å²) in [7, 11) is 0. The Hall–Kier alpha value is -2.50. The molecule has 0 saturated carbocycles. The van der Waals surface area contributed by atoms with Crippen LogP contribution in [0.3, 0.4) is 0 Å². The number of Topliss-reactive ketones (excluding diaryl/α,β-unsaturated/α-hetero) is 1. The number of thiazole rings is 1. The van der Waals surface area contributed by atoms with Crippen LogP contribution in [0.4, 0.5) is 0 Å². The molecule has 0 amide bonds. The van der Waals surface area contributed by atoms with Gasteiger partial charge in [-0.15, -0.1) is 11.3 Å². The average molecular weight is 413 g/mol. The Morgan fingerprint density at radius 2 is 1.89 bits per heavy atom. The average Bonchev–Trinajstić information content (AvgIpc) is 2.92. The monoisotopic (exact) mass is 412 g/mol. The molecule has 0 aliphatic carbocycles. The maximum absolute atomic E-state index is 13.1. The molecule has 28 heavy (non-hydrogen) atoms. The number of carbonyl (C=O) groups excluding carboxylic acids is 1. The number of carbonyl (C=O) groups is 1. The van der Waals surface area contributed by atoms with E-state index in [1.165, 1.54) is 11.3 Å². The Kier molecular flexibility index (Phi) is 5.96. The maximum atomic E-state index is 13.1. The van der Waals surface area contributed by atoms with E-state index in [0.717, 1.165) is 5.56 Å². The molecule has 2 heterocycles. The topological polar surface area (TPSA) is 52.0 Å². The molecule has 1 aromatic carbocycles. The van der Waals surface area contributed by atoms with E-state index >= 15 is 0 Å². The van der Waals surface area contributed by atoms with Crippen LogP contribution in [-0.2, 0) is 11.3 Å². The number of aromatic nitrogens is 2. The SMILES string of the molecule is CC(C)(C)C(=O)/C=c1\s/c(=C\c2ccccn2)c(=O)n1Cc1ccccc1Cl. The van der Waals surface area contributed by atoms with E-state index < -0.39 is 5.41 Å². The number of ketones is 1. The molecule has 0 radical (unpaired) electrons. The van der Waals surface area contributed by atoms with Crippen LogP contribution in [-0.4, -0.2) is 15.3 Å². The molecule has 0 spiro atoms. The van der Waals surface area contributed by atoms with Crippen molar-refractivity contribution in [1.82, 2.24) is 9.55 Å². The van der Waals surface area contributed by atoms with Crippen molar-refractivity contribution in [2.24, 2.45) is 5.41 Å². The Morgan fingerprint density at radius 1 is 1.18 bits per heavy atom. The molecule has 0 N–H and O–H groups in total. The number of halogens is 1. The minimum absolute atomic E-state index is 0.0361. The van der Waals surface area contributed by atoms with Gasteiger partial charge in [0, 0.05) is 22.7 Å². The zero-order valence-corrected chi connectivity index (χ0v) is 17.6. The van der Waals surface area contributed by atoms with Crippen molar-refractivity contribution in [2.75, 3.05) is 0 Å². The van der Waals surface area contributed by atoms with Crippen LogP contribution in [0.2, 0.25) is 5.02 Å². The van der Waals surface area contributed by atoms with Gasteiger partial charge in [0.2, 0.25) is 0 Å². The highest BCUT2D eigenvalue weighted by Crippen LogP contribution is 2.16. The van der Waals surface area contributed by atoms with Crippen LogP contribution < -0.4 is 14.8 Å². The standard InChI is InChI=1S/C22H21ClN2O2S/c1-22(2,3)19(26)13-20-25(14-15-8-4-5-10-17(15)23)21(27)18(28-20)12-16-9-6-7-11-24-16/h4-13H,14H2,1-3H3/b18-12-,20-13-. The third kappa shape index (κ3) is 4.66. The number of pyridine rings is 1. The molecular formula is C22H21ClN2O2S. The van der Waals surface area contributed by atoms with Crippen LogP contribution >= 0.6 is 22.9 Å². The van der Waals surface area contributed by atoms with E-state index in [-0.39, 0.29) is 11.3 Å². The van der Waals surface area contributed by atoms with E-state index in [2.05, 4.69) is 4.98 Å². The Bertz CT molecular complexity index is 1170. The number of rotatable bonds is 4. The van der Waals surface area contributed by atoms with Crippen molar-refractivity contribution in [3.8, 4) is 0 Å². The van der Waals surface area contributed by atoms with Gasteiger partial charge in [-0.1, -0.05) is 56.6 Å². The fourth-order valence-electron chi connectivity index (χ4n) is 2.51. The molecule has 2 aromatic heterocycles. The highest BCUT2D eigenvalue weighted by atomic mass is 35.5. The van der Waals surface area contributed by atoms with Crippen molar-refractivity contribution >= 4 is 40.9 Å². The van der Waals surface area contributed by atoms with Crippen molar-refractivity contribution in [3.05, 3.63) is 84.5 Å². The molecule has 0 bridgehead atoms. The molecule has 4 nitrogen and oxygen atoms in total. The summed E-state index contributed by atoms with van der Waals surface area (Å²) < 4.78 is 2.73. The lowest BCUT2D eigenvalue weighted by molar-refractivity contribution is -0.120. The Morgan fingerprint density at radius 3 is 2.54 bits per heavy atom. The van der Waals surface area contributed by atoms with Crippen molar-refractivity contribution in [2.45, 2.75) is 27.3 Å². The summed E-state index contributed by atoms with van der Waals surface area (Å²) in [6.45, 7) is 5.87. The normalized spacial score (nSPS) is 13.1. The molecule has 0 fully saturated rings. The minimum Gasteiger partial charge on any atom is -0.294 e. The van der Waals surface area contributed by atoms with Gasteiger partial charge in [0.25, 0.3) is 5.56 Å². The lowest BCUT2D eigenvalue weighted by Gasteiger charge is -2.13. The molecule has 6 heteroatoms. The fraction of sp³-hybridized carbons (Fsp3) is 0.227. The summed E-state index contributed by atoms with van der Waals surface area (Å²) in [6, 6.07) is 12.9. The molecule has 3 aromatic rings. The largest absolute Gasteiger partial charge is 0.294 e. The molecule has 0 aliphatic heterocycles. The maximum Gasteiger partial charge on any atom is 0.269 e. The highest BCUT2D eigenvalue weighted by molar-refractivity contribution is 7.07. The van der Waals surface area contributed by atoms with Gasteiger partial charge in [-0.05, 0) is 29.8 Å². The molecule has 0 unspecified atom stereocenters. The first-order valence-electron chi connectivity index (χ1n) is 8.88. The van der Waals surface area contributed by atoms with Crippen molar-refractivity contribution < 1.29 is 4.79 Å². The van der Waals surface area contributed by atoms with E-state index in [1.807, 2.05) is 57.2 Å². The third-order valence-corrected chi connectivity index (χ3v) is 5.61. The minimum atomic E-state index is -0.528. The van der Waals surface area contributed by atoms with E-state index in [1.54, 1.807) is 29.0 Å².